The Hall–Kier alpha value is -2.08. The number of halogens is 3. The van der Waals surface area contributed by atoms with E-state index in [9.17, 15) is 26.4 Å². The zero-order valence-corrected chi connectivity index (χ0v) is 17.7. The Bertz CT molecular complexity index is 1050. The highest BCUT2D eigenvalue weighted by Gasteiger charge is 2.49. The first kappa shape index (κ1) is 22.6. The summed E-state index contributed by atoms with van der Waals surface area (Å²) >= 11 is 1.07. The Morgan fingerprint density at radius 3 is 2.53 bits per heavy atom. The van der Waals surface area contributed by atoms with E-state index >= 15 is 0 Å². The van der Waals surface area contributed by atoms with Gasteiger partial charge in [-0.3, -0.25) is 9.36 Å². The molecule has 0 radical (unpaired) electrons. The Balaban J connectivity index is 2.08. The first-order valence-corrected chi connectivity index (χ1v) is 11.9. The van der Waals surface area contributed by atoms with E-state index < -0.39 is 21.4 Å². The average molecular weight is 464 g/mol. The first-order valence-electron chi connectivity index (χ1n) is 9.23. The van der Waals surface area contributed by atoms with Crippen molar-refractivity contribution in [3.05, 3.63) is 46.5 Å². The molecule has 0 spiro atoms. The number of aliphatic imine (C=N–C) groups is 1. The molecule has 1 aromatic rings. The van der Waals surface area contributed by atoms with Crippen LogP contribution in [0.3, 0.4) is 0 Å². The molecule has 1 fully saturated rings. The van der Waals surface area contributed by atoms with E-state index in [2.05, 4.69) is 14.2 Å². The van der Waals surface area contributed by atoms with Gasteiger partial charge in [-0.25, -0.2) is 9.98 Å². The second-order valence-corrected chi connectivity index (χ2v) is 9.15. The number of rotatable bonds is 4. The summed E-state index contributed by atoms with van der Waals surface area (Å²) in [4.78, 5) is 21.1. The molecule has 0 N–H and O–H groups in total. The van der Waals surface area contributed by atoms with Crippen molar-refractivity contribution in [3.63, 3.8) is 0 Å². The molecule has 1 aromatic heterocycles. The van der Waals surface area contributed by atoms with Gasteiger partial charge in [0.1, 0.15) is 10.8 Å². The zero-order chi connectivity index (χ0) is 21.9. The fourth-order valence-electron chi connectivity index (χ4n) is 3.41. The van der Waals surface area contributed by atoms with Crippen LogP contribution in [0.15, 0.2) is 40.2 Å². The smallest absolute Gasteiger partial charge is 0.379 e. The lowest BCUT2D eigenvalue weighted by atomic mass is 9.95. The van der Waals surface area contributed by atoms with Crippen LogP contribution in [0.2, 0.25) is 0 Å². The summed E-state index contributed by atoms with van der Waals surface area (Å²) in [7, 11) is -5.89. The quantitative estimate of drug-likeness (QED) is 0.495. The van der Waals surface area contributed by atoms with Crippen LogP contribution in [-0.4, -0.2) is 34.8 Å². The van der Waals surface area contributed by atoms with Crippen LogP contribution in [0.25, 0.3) is 5.57 Å². The predicted molar refractivity (Wildman–Crippen MR) is 108 cm³/mol. The van der Waals surface area contributed by atoms with Gasteiger partial charge < -0.3 is 4.18 Å². The summed E-state index contributed by atoms with van der Waals surface area (Å²) in [6.07, 6.45) is 10.2. The number of hydrogen-bond donors (Lipinski definition) is 0. The topological polar surface area (TPSA) is 90.6 Å². The molecular formula is C18H20F3N3O4S2. The number of nitrogens with zero attached hydrogens (tertiary/aromatic N) is 3. The van der Waals surface area contributed by atoms with Crippen molar-refractivity contribution in [2.45, 2.75) is 50.1 Å². The highest BCUT2D eigenvalue weighted by atomic mass is 32.2. The second-order valence-electron chi connectivity index (χ2n) is 6.82. The van der Waals surface area contributed by atoms with Gasteiger partial charge in [-0.1, -0.05) is 25.3 Å². The van der Waals surface area contributed by atoms with Gasteiger partial charge in [-0.15, -0.1) is 11.8 Å². The van der Waals surface area contributed by atoms with Gasteiger partial charge in [-0.05, 0) is 19.1 Å². The Morgan fingerprint density at radius 1 is 1.23 bits per heavy atom. The Morgan fingerprint density at radius 2 is 1.93 bits per heavy atom. The molecule has 2 aliphatic rings. The third-order valence-electron chi connectivity index (χ3n) is 4.84. The molecule has 0 unspecified atom stereocenters. The number of thioether (sulfide) groups is 1. The maximum atomic E-state index is 12.9. The van der Waals surface area contributed by atoms with Crippen LogP contribution >= 0.6 is 11.8 Å². The van der Waals surface area contributed by atoms with Crippen LogP contribution in [0.1, 0.15) is 50.3 Å². The largest absolute Gasteiger partial charge is 0.534 e. The summed E-state index contributed by atoms with van der Waals surface area (Å²) in [5.41, 5.74) is -5.99. The maximum absolute atomic E-state index is 12.9. The third-order valence-corrected chi connectivity index (χ3v) is 6.52. The molecule has 1 saturated carbocycles. The molecule has 30 heavy (non-hydrogen) atoms. The van der Waals surface area contributed by atoms with Crippen LogP contribution in [-0.2, 0) is 14.3 Å². The van der Waals surface area contributed by atoms with Crippen LogP contribution in [0, 0.1) is 0 Å². The van der Waals surface area contributed by atoms with E-state index in [0.29, 0.717) is 0 Å². The summed E-state index contributed by atoms with van der Waals surface area (Å²) < 4.78 is 67.7. The lowest BCUT2D eigenvalue weighted by Gasteiger charge is -2.23. The van der Waals surface area contributed by atoms with E-state index in [1.54, 1.807) is 6.26 Å². The fraction of sp³-hybridized carbons (Fsp3) is 0.500. The van der Waals surface area contributed by atoms with Crippen molar-refractivity contribution in [1.29, 1.82) is 0 Å². The first-order chi connectivity index (χ1) is 14.1. The minimum atomic E-state index is -5.89. The standard InChI is InChI=1S/C18H20F3N3O4S2/c1-29-17-16(14(8-5-9-22-17)28-30(26,27)18(19,20)21)13-10-15(25)24(11-23-13)12-6-3-2-4-7-12/h5,9-12H,2-4,6-8H2,1H3. The van der Waals surface area contributed by atoms with Crippen LogP contribution in [0.4, 0.5) is 13.2 Å². The van der Waals surface area contributed by atoms with E-state index in [-0.39, 0.29) is 34.3 Å². The molecule has 2 heterocycles. The predicted octanol–water partition coefficient (Wildman–Crippen LogP) is 4.00. The van der Waals surface area contributed by atoms with Gasteiger partial charge in [0.2, 0.25) is 0 Å². The highest BCUT2D eigenvalue weighted by Crippen LogP contribution is 2.34. The molecule has 0 bridgehead atoms. The van der Waals surface area contributed by atoms with E-state index in [1.165, 1.54) is 29.2 Å². The number of aromatic nitrogens is 2. The number of hydrogen-bond acceptors (Lipinski definition) is 7. The molecule has 0 amide bonds. The Labute approximate surface area is 175 Å². The van der Waals surface area contributed by atoms with Crippen molar-refractivity contribution in [3.8, 4) is 0 Å². The molecular weight excluding hydrogens is 443 g/mol. The van der Waals surface area contributed by atoms with Crippen molar-refractivity contribution in [1.82, 2.24) is 9.55 Å². The molecule has 0 atom stereocenters. The van der Waals surface area contributed by atoms with Gasteiger partial charge in [0.25, 0.3) is 5.56 Å². The lowest BCUT2D eigenvalue weighted by molar-refractivity contribution is -0.0522. The molecule has 0 aromatic carbocycles. The van der Waals surface area contributed by atoms with Gasteiger partial charge in [0, 0.05) is 24.7 Å². The number of alkyl halides is 3. The van der Waals surface area contributed by atoms with Gasteiger partial charge >= 0.3 is 15.6 Å². The molecule has 164 valence electrons. The number of allylic oxidation sites excluding steroid dienone is 1. The normalized spacial score (nSPS) is 18.9. The van der Waals surface area contributed by atoms with Crippen molar-refractivity contribution >= 4 is 32.5 Å². The highest BCUT2D eigenvalue weighted by molar-refractivity contribution is 8.14. The minimum Gasteiger partial charge on any atom is -0.379 e. The van der Waals surface area contributed by atoms with E-state index in [0.717, 1.165) is 43.9 Å². The summed E-state index contributed by atoms with van der Waals surface area (Å²) in [6, 6.07) is 1.21. The van der Waals surface area contributed by atoms with Crippen LogP contribution in [0.5, 0.6) is 0 Å². The molecule has 12 heteroatoms. The monoisotopic (exact) mass is 463 g/mol. The maximum Gasteiger partial charge on any atom is 0.534 e. The van der Waals surface area contributed by atoms with Gasteiger partial charge in [0.05, 0.1) is 17.6 Å². The summed E-state index contributed by atoms with van der Waals surface area (Å²) in [5, 5.41) is 0.193. The zero-order valence-electron chi connectivity index (χ0n) is 16.1. The van der Waals surface area contributed by atoms with E-state index in [1.807, 2.05) is 0 Å². The molecule has 1 aliphatic heterocycles. The summed E-state index contributed by atoms with van der Waals surface area (Å²) in [5.74, 6) is -0.489. The van der Waals surface area contributed by atoms with Crippen molar-refractivity contribution in [2.75, 3.05) is 6.26 Å². The fourth-order valence-corrected chi connectivity index (χ4v) is 4.51. The molecule has 1 aliphatic carbocycles. The second kappa shape index (κ2) is 8.96. The summed E-state index contributed by atoms with van der Waals surface area (Å²) in [6.45, 7) is 0. The van der Waals surface area contributed by atoms with Gasteiger partial charge in [0.15, 0.2) is 0 Å². The molecule has 0 saturated heterocycles. The van der Waals surface area contributed by atoms with Crippen molar-refractivity contribution in [2.24, 2.45) is 4.99 Å². The SMILES string of the molecule is CSC1=NC=CCC(OS(=O)(=O)C(F)(F)F)=C1c1cc(=O)n(C2CCCCC2)cn1. The molecule has 7 nitrogen and oxygen atoms in total. The minimum absolute atomic E-state index is 0.0104. The lowest BCUT2D eigenvalue weighted by Crippen LogP contribution is -2.27. The molecule has 3 rings (SSSR count). The third kappa shape index (κ3) is 4.80. The van der Waals surface area contributed by atoms with Crippen molar-refractivity contribution < 1.29 is 25.8 Å². The van der Waals surface area contributed by atoms with Crippen LogP contribution < -0.4 is 5.56 Å². The Kier molecular flexibility index (Phi) is 6.75. The van der Waals surface area contributed by atoms with Gasteiger partial charge in [-0.2, -0.15) is 21.6 Å². The average Bonchev–Trinajstić information content (AvgIpc) is 2.89. The van der Waals surface area contributed by atoms with E-state index in [4.69, 9.17) is 0 Å².